The maximum absolute atomic E-state index is 10.6. The first-order valence-electron chi connectivity index (χ1n) is 4.76. The van der Waals surface area contributed by atoms with Crippen molar-refractivity contribution in [2.45, 2.75) is 6.92 Å². The molecule has 0 N–H and O–H groups in total. The molecule has 0 saturated heterocycles. The molecule has 2 rings (SSSR count). The predicted molar refractivity (Wildman–Crippen MR) is 58.8 cm³/mol. The first-order chi connectivity index (χ1) is 7.20. The van der Waals surface area contributed by atoms with Gasteiger partial charge < -0.3 is 4.57 Å². The van der Waals surface area contributed by atoms with Crippen LogP contribution in [0.1, 0.15) is 16.1 Å². The van der Waals surface area contributed by atoms with Crippen molar-refractivity contribution >= 4 is 6.29 Å². The number of benzene rings is 1. The molecule has 76 valence electrons. The normalized spacial score (nSPS) is 10.3. The maximum atomic E-state index is 10.6. The van der Waals surface area contributed by atoms with Crippen molar-refractivity contribution in [3.63, 3.8) is 0 Å². The van der Waals surface area contributed by atoms with Crippen LogP contribution in [-0.2, 0) is 7.05 Å². The van der Waals surface area contributed by atoms with Gasteiger partial charge in [-0.05, 0) is 6.92 Å². The van der Waals surface area contributed by atoms with E-state index in [1.54, 1.807) is 6.20 Å². The van der Waals surface area contributed by atoms with E-state index in [4.69, 9.17) is 0 Å². The lowest BCUT2D eigenvalue weighted by molar-refractivity contribution is 0.111. The van der Waals surface area contributed by atoms with Crippen LogP contribution in [0.2, 0.25) is 0 Å². The highest BCUT2D eigenvalue weighted by molar-refractivity contribution is 5.73. The third kappa shape index (κ3) is 1.81. The number of aldehydes is 1. The molecule has 0 aliphatic rings. The van der Waals surface area contributed by atoms with Gasteiger partial charge >= 0.3 is 0 Å². The highest BCUT2D eigenvalue weighted by atomic mass is 16.1. The Labute approximate surface area is 88.4 Å². The zero-order valence-electron chi connectivity index (χ0n) is 8.77. The van der Waals surface area contributed by atoms with Crippen LogP contribution in [0, 0.1) is 6.92 Å². The van der Waals surface area contributed by atoms with Gasteiger partial charge in [0.1, 0.15) is 11.5 Å². The van der Waals surface area contributed by atoms with E-state index in [2.05, 4.69) is 4.98 Å². The lowest BCUT2D eigenvalue weighted by atomic mass is 10.1. The van der Waals surface area contributed by atoms with E-state index < -0.39 is 0 Å². The average Bonchev–Trinajstić information content (AvgIpc) is 2.61. The van der Waals surface area contributed by atoms with Gasteiger partial charge in [-0.25, -0.2) is 4.98 Å². The number of hydrogen-bond donors (Lipinski definition) is 0. The largest absolute Gasteiger partial charge is 0.333 e. The number of hydrogen-bond acceptors (Lipinski definition) is 2. The van der Waals surface area contributed by atoms with Crippen LogP contribution < -0.4 is 0 Å². The van der Waals surface area contributed by atoms with E-state index >= 15 is 0 Å². The fourth-order valence-electron chi connectivity index (χ4n) is 1.52. The lowest BCUT2D eigenvalue weighted by Crippen LogP contribution is -1.90. The van der Waals surface area contributed by atoms with Crippen molar-refractivity contribution in [1.29, 1.82) is 0 Å². The number of aryl methyl sites for hydroxylation is 2. The van der Waals surface area contributed by atoms with E-state index in [0.717, 1.165) is 17.7 Å². The molecule has 0 atom stereocenters. The predicted octanol–water partition coefficient (Wildman–Crippen LogP) is 2.21. The van der Waals surface area contributed by atoms with Gasteiger partial charge in [-0.1, -0.05) is 29.8 Å². The standard InChI is InChI=1S/C12H12N2O/c1-9-3-5-10(6-4-9)12-13-11(8-15)7-14(12)2/h3-8H,1-2H3. The van der Waals surface area contributed by atoms with Gasteiger partial charge in [0.05, 0.1) is 0 Å². The Morgan fingerprint density at radius 2 is 1.93 bits per heavy atom. The van der Waals surface area contributed by atoms with E-state index in [-0.39, 0.29) is 0 Å². The minimum absolute atomic E-state index is 0.466. The summed E-state index contributed by atoms with van der Waals surface area (Å²) in [5, 5.41) is 0. The fourth-order valence-corrected chi connectivity index (χ4v) is 1.52. The maximum Gasteiger partial charge on any atom is 0.170 e. The average molecular weight is 200 g/mol. The smallest absolute Gasteiger partial charge is 0.170 e. The summed E-state index contributed by atoms with van der Waals surface area (Å²) in [7, 11) is 1.88. The van der Waals surface area contributed by atoms with Crippen LogP contribution in [0.25, 0.3) is 11.4 Å². The first-order valence-corrected chi connectivity index (χ1v) is 4.76. The zero-order valence-corrected chi connectivity index (χ0v) is 8.77. The first kappa shape index (κ1) is 9.65. The Balaban J connectivity index is 2.48. The molecule has 0 aliphatic carbocycles. The fraction of sp³-hybridized carbons (Fsp3) is 0.167. The highest BCUT2D eigenvalue weighted by Crippen LogP contribution is 2.17. The van der Waals surface area contributed by atoms with Crippen molar-refractivity contribution in [3.8, 4) is 11.4 Å². The highest BCUT2D eigenvalue weighted by Gasteiger charge is 2.06. The second-order valence-electron chi connectivity index (χ2n) is 3.58. The quantitative estimate of drug-likeness (QED) is 0.696. The Kier molecular flexibility index (Phi) is 2.37. The molecule has 0 aliphatic heterocycles. The summed E-state index contributed by atoms with van der Waals surface area (Å²) in [5.74, 6) is 0.817. The number of nitrogens with zero attached hydrogens (tertiary/aromatic N) is 2. The SMILES string of the molecule is Cc1ccc(-c2nc(C=O)cn2C)cc1. The minimum Gasteiger partial charge on any atom is -0.333 e. The molecule has 0 bridgehead atoms. The van der Waals surface area contributed by atoms with E-state index in [9.17, 15) is 4.79 Å². The molecule has 0 spiro atoms. The number of carbonyl (C=O) groups is 1. The van der Waals surface area contributed by atoms with Gasteiger partial charge in [-0.15, -0.1) is 0 Å². The Hall–Kier alpha value is -1.90. The van der Waals surface area contributed by atoms with Crippen molar-refractivity contribution in [2.24, 2.45) is 7.05 Å². The van der Waals surface area contributed by atoms with Crippen LogP contribution >= 0.6 is 0 Å². The van der Waals surface area contributed by atoms with Crippen LogP contribution in [0.15, 0.2) is 30.5 Å². The third-order valence-electron chi connectivity index (χ3n) is 2.33. The summed E-state index contributed by atoms with van der Waals surface area (Å²) in [6, 6.07) is 8.08. The summed E-state index contributed by atoms with van der Waals surface area (Å²) >= 11 is 0. The van der Waals surface area contributed by atoms with Gasteiger partial charge in [-0.2, -0.15) is 0 Å². The second kappa shape index (κ2) is 3.69. The molecule has 3 heteroatoms. The summed E-state index contributed by atoms with van der Waals surface area (Å²) in [4.78, 5) is 14.8. The lowest BCUT2D eigenvalue weighted by Gasteiger charge is -2.01. The van der Waals surface area contributed by atoms with Gasteiger partial charge in [0.15, 0.2) is 6.29 Å². The monoisotopic (exact) mass is 200 g/mol. The topological polar surface area (TPSA) is 34.9 Å². The van der Waals surface area contributed by atoms with Gasteiger partial charge in [0, 0.05) is 18.8 Å². The molecule has 0 amide bonds. The van der Waals surface area contributed by atoms with Crippen LogP contribution in [-0.4, -0.2) is 15.8 Å². The summed E-state index contributed by atoms with van der Waals surface area (Å²) in [5.41, 5.74) is 2.70. The summed E-state index contributed by atoms with van der Waals surface area (Å²) in [6.45, 7) is 2.04. The molecular formula is C12H12N2O. The number of rotatable bonds is 2. The number of carbonyl (C=O) groups excluding carboxylic acids is 1. The molecule has 1 heterocycles. The van der Waals surface area contributed by atoms with Gasteiger partial charge in [0.2, 0.25) is 0 Å². The van der Waals surface area contributed by atoms with E-state index in [1.807, 2.05) is 42.8 Å². The zero-order chi connectivity index (χ0) is 10.8. The van der Waals surface area contributed by atoms with Crippen LogP contribution in [0.4, 0.5) is 0 Å². The van der Waals surface area contributed by atoms with Crippen molar-refractivity contribution < 1.29 is 4.79 Å². The van der Waals surface area contributed by atoms with Gasteiger partial charge in [0.25, 0.3) is 0 Å². The van der Waals surface area contributed by atoms with Crippen molar-refractivity contribution in [2.75, 3.05) is 0 Å². The molecule has 1 aromatic heterocycles. The van der Waals surface area contributed by atoms with Crippen LogP contribution in [0.5, 0.6) is 0 Å². The second-order valence-corrected chi connectivity index (χ2v) is 3.58. The van der Waals surface area contributed by atoms with Gasteiger partial charge in [-0.3, -0.25) is 4.79 Å². The van der Waals surface area contributed by atoms with Crippen LogP contribution in [0.3, 0.4) is 0 Å². The van der Waals surface area contributed by atoms with Crippen molar-refractivity contribution in [3.05, 3.63) is 41.7 Å². The Morgan fingerprint density at radius 1 is 1.27 bits per heavy atom. The Morgan fingerprint density at radius 3 is 2.47 bits per heavy atom. The summed E-state index contributed by atoms with van der Waals surface area (Å²) in [6.07, 6.45) is 2.49. The molecule has 0 radical (unpaired) electrons. The number of aromatic nitrogens is 2. The van der Waals surface area contributed by atoms with E-state index in [1.165, 1.54) is 5.56 Å². The molecule has 15 heavy (non-hydrogen) atoms. The van der Waals surface area contributed by atoms with Crippen molar-refractivity contribution in [1.82, 2.24) is 9.55 Å². The molecule has 0 saturated carbocycles. The summed E-state index contributed by atoms with van der Waals surface area (Å²) < 4.78 is 1.86. The molecule has 0 fully saturated rings. The molecule has 3 nitrogen and oxygen atoms in total. The minimum atomic E-state index is 0.466. The molecule has 2 aromatic rings. The number of imidazole rings is 1. The molecular weight excluding hydrogens is 188 g/mol. The molecule has 0 unspecified atom stereocenters. The van der Waals surface area contributed by atoms with E-state index in [0.29, 0.717) is 5.69 Å². The Bertz CT molecular complexity index is 483. The molecule has 1 aromatic carbocycles. The third-order valence-corrected chi connectivity index (χ3v) is 2.33.